The molecule has 0 bridgehead atoms. The Bertz CT molecular complexity index is 1060. The van der Waals surface area contributed by atoms with E-state index in [0.29, 0.717) is 11.6 Å². The van der Waals surface area contributed by atoms with Crippen molar-refractivity contribution in [3.05, 3.63) is 63.6 Å². The molecule has 0 heterocycles. The Morgan fingerprint density at radius 1 is 1.16 bits per heavy atom. The highest BCUT2D eigenvalue weighted by Crippen LogP contribution is 2.23. The van der Waals surface area contributed by atoms with Gasteiger partial charge in [-0.05, 0) is 49.2 Å². The van der Waals surface area contributed by atoms with Gasteiger partial charge in [-0.2, -0.15) is 0 Å². The number of halogens is 2. The van der Waals surface area contributed by atoms with E-state index in [4.69, 9.17) is 11.6 Å². The molecule has 2 aromatic rings. The van der Waals surface area contributed by atoms with Crippen LogP contribution >= 0.6 is 27.5 Å². The number of hydrogen-bond donors (Lipinski definition) is 1. The fourth-order valence-electron chi connectivity index (χ4n) is 3.06. The van der Waals surface area contributed by atoms with Crippen LogP contribution in [-0.2, 0) is 26.2 Å². The largest absolute Gasteiger partial charge is 0.354 e. The minimum absolute atomic E-state index is 0.145. The number of benzene rings is 2. The summed E-state index contributed by atoms with van der Waals surface area (Å²) in [6.45, 7) is 3.74. The first-order valence-electron chi connectivity index (χ1n) is 10.1. The minimum atomic E-state index is -3.78. The van der Waals surface area contributed by atoms with E-state index in [1.807, 2.05) is 31.2 Å². The number of hydrogen-bond acceptors (Lipinski definition) is 4. The molecule has 2 aromatic carbocycles. The highest BCUT2D eigenvalue weighted by molar-refractivity contribution is 9.10. The van der Waals surface area contributed by atoms with Crippen LogP contribution in [0.15, 0.2) is 53.0 Å². The van der Waals surface area contributed by atoms with Gasteiger partial charge in [0, 0.05) is 22.6 Å². The van der Waals surface area contributed by atoms with Crippen LogP contribution in [-0.4, -0.2) is 50.5 Å². The monoisotopic (exact) mass is 543 g/mol. The van der Waals surface area contributed by atoms with Gasteiger partial charge in [-0.3, -0.25) is 13.9 Å². The average Bonchev–Trinajstić information content (AvgIpc) is 2.72. The molecule has 1 atom stereocenters. The van der Waals surface area contributed by atoms with E-state index in [1.165, 1.54) is 11.0 Å². The SMILES string of the molecule is CCCNC(=O)[C@@H](C)N(Cc1cccc(Br)c1)C(=O)CN(c1cccc(Cl)c1)S(C)(=O)=O. The number of carbonyl (C=O) groups excluding carboxylic acids is 2. The molecule has 174 valence electrons. The molecule has 0 aliphatic rings. The number of nitrogens with zero attached hydrogens (tertiary/aromatic N) is 2. The summed E-state index contributed by atoms with van der Waals surface area (Å²) >= 11 is 9.44. The number of rotatable bonds is 10. The first-order chi connectivity index (χ1) is 15.0. The van der Waals surface area contributed by atoms with Crippen molar-refractivity contribution in [1.82, 2.24) is 10.2 Å². The van der Waals surface area contributed by atoms with Crippen molar-refractivity contribution in [3.8, 4) is 0 Å². The van der Waals surface area contributed by atoms with E-state index in [9.17, 15) is 18.0 Å². The maximum Gasteiger partial charge on any atom is 0.244 e. The van der Waals surface area contributed by atoms with Crippen LogP contribution in [0.25, 0.3) is 0 Å². The lowest BCUT2D eigenvalue weighted by atomic mass is 10.1. The second kappa shape index (κ2) is 11.7. The van der Waals surface area contributed by atoms with Crippen molar-refractivity contribution < 1.29 is 18.0 Å². The molecule has 0 radical (unpaired) electrons. The fraction of sp³-hybridized carbons (Fsp3) is 0.364. The molecule has 10 heteroatoms. The van der Waals surface area contributed by atoms with Crippen molar-refractivity contribution >= 4 is 55.1 Å². The van der Waals surface area contributed by atoms with Crippen LogP contribution in [0.1, 0.15) is 25.8 Å². The number of sulfonamides is 1. The molecular weight excluding hydrogens is 518 g/mol. The molecule has 0 saturated heterocycles. The molecule has 32 heavy (non-hydrogen) atoms. The molecule has 0 aliphatic carbocycles. The molecule has 0 spiro atoms. The number of amides is 2. The Morgan fingerprint density at radius 3 is 2.44 bits per heavy atom. The van der Waals surface area contributed by atoms with Gasteiger partial charge in [0.05, 0.1) is 11.9 Å². The van der Waals surface area contributed by atoms with E-state index >= 15 is 0 Å². The Balaban J connectivity index is 2.37. The molecule has 0 fully saturated rings. The van der Waals surface area contributed by atoms with Gasteiger partial charge in [-0.15, -0.1) is 0 Å². The summed E-state index contributed by atoms with van der Waals surface area (Å²) < 4.78 is 26.8. The Labute approximate surface area is 202 Å². The van der Waals surface area contributed by atoms with Crippen molar-refractivity contribution in [3.63, 3.8) is 0 Å². The first-order valence-corrected chi connectivity index (χ1v) is 13.1. The molecule has 0 aliphatic heterocycles. The second-order valence-corrected chi connectivity index (χ2v) is 10.6. The summed E-state index contributed by atoms with van der Waals surface area (Å²) in [4.78, 5) is 27.4. The molecule has 0 unspecified atom stereocenters. The van der Waals surface area contributed by atoms with Crippen molar-refractivity contribution in [2.24, 2.45) is 0 Å². The van der Waals surface area contributed by atoms with Crippen molar-refractivity contribution in [2.45, 2.75) is 32.9 Å². The zero-order valence-corrected chi connectivity index (χ0v) is 21.4. The maximum atomic E-state index is 13.4. The van der Waals surface area contributed by atoms with Gasteiger partial charge < -0.3 is 10.2 Å². The summed E-state index contributed by atoms with van der Waals surface area (Å²) in [5.74, 6) is -0.807. The lowest BCUT2D eigenvalue weighted by molar-refractivity contribution is -0.139. The number of carbonyl (C=O) groups is 2. The Morgan fingerprint density at radius 2 is 1.84 bits per heavy atom. The van der Waals surface area contributed by atoms with E-state index in [0.717, 1.165) is 27.0 Å². The zero-order chi connectivity index (χ0) is 23.9. The van der Waals surface area contributed by atoms with E-state index in [2.05, 4.69) is 21.2 Å². The maximum absolute atomic E-state index is 13.4. The van der Waals surface area contributed by atoms with Crippen LogP contribution in [0.3, 0.4) is 0 Å². The van der Waals surface area contributed by atoms with Gasteiger partial charge in [-0.25, -0.2) is 8.42 Å². The predicted octanol–water partition coefficient (Wildman–Crippen LogP) is 3.81. The van der Waals surface area contributed by atoms with Gasteiger partial charge in [0.2, 0.25) is 21.8 Å². The van der Waals surface area contributed by atoms with Crippen LogP contribution in [0.5, 0.6) is 0 Å². The van der Waals surface area contributed by atoms with E-state index < -0.39 is 28.5 Å². The molecule has 0 aromatic heterocycles. The molecule has 2 amide bonds. The summed E-state index contributed by atoms with van der Waals surface area (Å²) in [5.41, 5.74) is 1.08. The lowest BCUT2D eigenvalue weighted by Gasteiger charge is -2.31. The highest BCUT2D eigenvalue weighted by Gasteiger charge is 2.30. The van der Waals surface area contributed by atoms with E-state index in [-0.39, 0.29) is 18.1 Å². The standard InChI is InChI=1S/C22H27BrClN3O4S/c1-4-11-25-22(29)16(2)26(14-17-7-5-8-18(23)12-17)21(28)15-27(32(3,30)31)20-10-6-9-19(24)13-20/h5-10,12-13,16H,4,11,14-15H2,1-3H3,(H,25,29)/t16-/m1/s1. The van der Waals surface area contributed by atoms with Gasteiger partial charge >= 0.3 is 0 Å². The average molecular weight is 545 g/mol. The molecule has 7 nitrogen and oxygen atoms in total. The summed E-state index contributed by atoms with van der Waals surface area (Å²) in [6, 6.07) is 12.9. The fourth-order valence-corrected chi connectivity index (χ4v) is 4.53. The van der Waals surface area contributed by atoms with Crippen LogP contribution in [0.4, 0.5) is 5.69 Å². The van der Waals surface area contributed by atoms with Gasteiger partial charge in [0.1, 0.15) is 12.6 Å². The smallest absolute Gasteiger partial charge is 0.244 e. The molecule has 1 N–H and O–H groups in total. The van der Waals surface area contributed by atoms with E-state index in [1.54, 1.807) is 25.1 Å². The molecule has 0 saturated carbocycles. The quantitative estimate of drug-likeness (QED) is 0.493. The summed E-state index contributed by atoms with van der Waals surface area (Å²) in [6.07, 6.45) is 1.78. The van der Waals surface area contributed by atoms with Gasteiger partial charge in [0.15, 0.2) is 0 Å². The highest BCUT2D eigenvalue weighted by atomic mass is 79.9. The Kier molecular flexibility index (Phi) is 9.54. The third kappa shape index (κ3) is 7.50. The van der Waals surface area contributed by atoms with Crippen molar-refractivity contribution in [2.75, 3.05) is 23.7 Å². The summed E-state index contributed by atoms with van der Waals surface area (Å²) in [7, 11) is -3.78. The molecule has 2 rings (SSSR count). The van der Waals surface area contributed by atoms with Crippen molar-refractivity contribution in [1.29, 1.82) is 0 Å². The lowest BCUT2D eigenvalue weighted by Crippen LogP contribution is -2.51. The summed E-state index contributed by atoms with van der Waals surface area (Å²) in [5, 5.41) is 3.14. The minimum Gasteiger partial charge on any atom is -0.354 e. The Hall–Kier alpha value is -2.10. The topological polar surface area (TPSA) is 86.8 Å². The normalized spacial score (nSPS) is 12.2. The van der Waals surface area contributed by atoms with Crippen LogP contribution in [0.2, 0.25) is 5.02 Å². The third-order valence-electron chi connectivity index (χ3n) is 4.73. The number of anilines is 1. The van der Waals surface area contributed by atoms with Gasteiger partial charge in [-0.1, -0.05) is 52.7 Å². The van der Waals surface area contributed by atoms with Gasteiger partial charge in [0.25, 0.3) is 0 Å². The second-order valence-electron chi connectivity index (χ2n) is 7.37. The molecular formula is C22H27BrClN3O4S. The van der Waals surface area contributed by atoms with Crippen LogP contribution in [0, 0.1) is 0 Å². The van der Waals surface area contributed by atoms with Crippen LogP contribution < -0.4 is 9.62 Å². The predicted molar refractivity (Wildman–Crippen MR) is 131 cm³/mol. The number of nitrogens with one attached hydrogen (secondary N) is 1. The zero-order valence-electron chi connectivity index (χ0n) is 18.2. The third-order valence-corrected chi connectivity index (χ3v) is 6.60. The first kappa shape index (κ1) is 26.2.